The molecule has 6 heteroatoms. The van der Waals surface area contributed by atoms with Gasteiger partial charge in [0.1, 0.15) is 11.8 Å². The van der Waals surface area contributed by atoms with Gasteiger partial charge in [-0.15, -0.1) is 0 Å². The molecule has 5 nitrogen and oxygen atoms in total. The van der Waals surface area contributed by atoms with Crippen molar-refractivity contribution in [3.8, 4) is 5.75 Å². The molecule has 0 saturated heterocycles. The maximum absolute atomic E-state index is 11.7. The normalized spacial score (nSPS) is 15.4. The largest absolute Gasteiger partial charge is 0.482 e. The van der Waals surface area contributed by atoms with E-state index in [4.69, 9.17) is 21.4 Å². The number of para-hydroxylation sites is 1. The molecule has 1 aliphatic carbocycles. The van der Waals surface area contributed by atoms with E-state index in [1.807, 2.05) is 0 Å². The van der Waals surface area contributed by atoms with Gasteiger partial charge in [0.05, 0.1) is 5.02 Å². The molecule has 1 unspecified atom stereocenters. The van der Waals surface area contributed by atoms with Crippen LogP contribution in [-0.2, 0) is 9.59 Å². The SMILES string of the molecule is O=C(COc1ccccc1Cl)NC(CC1CC1)C(=O)O. The van der Waals surface area contributed by atoms with E-state index >= 15 is 0 Å². The summed E-state index contributed by atoms with van der Waals surface area (Å²) in [5.74, 6) is -0.653. The molecule has 108 valence electrons. The zero-order valence-corrected chi connectivity index (χ0v) is 11.6. The standard InChI is InChI=1S/C14H16ClNO4/c15-10-3-1-2-4-12(10)20-8-13(17)16-11(14(18)19)7-9-5-6-9/h1-4,9,11H,5-8H2,(H,16,17)(H,18,19). The van der Waals surface area contributed by atoms with Crippen molar-refractivity contribution in [2.45, 2.75) is 25.3 Å². The third-order valence-electron chi connectivity index (χ3n) is 3.09. The average molecular weight is 298 g/mol. The van der Waals surface area contributed by atoms with Crippen LogP contribution in [-0.4, -0.2) is 29.6 Å². The van der Waals surface area contributed by atoms with Crippen LogP contribution in [0.3, 0.4) is 0 Å². The van der Waals surface area contributed by atoms with Crippen LogP contribution < -0.4 is 10.1 Å². The fourth-order valence-electron chi connectivity index (χ4n) is 1.85. The van der Waals surface area contributed by atoms with Crippen LogP contribution in [0.15, 0.2) is 24.3 Å². The number of aliphatic carboxylic acids is 1. The van der Waals surface area contributed by atoms with E-state index in [2.05, 4.69) is 5.32 Å². The molecule has 2 N–H and O–H groups in total. The fourth-order valence-corrected chi connectivity index (χ4v) is 2.04. The Morgan fingerprint density at radius 3 is 2.70 bits per heavy atom. The second kappa shape index (κ2) is 6.61. The molecule has 1 aromatic carbocycles. The molecule has 1 amide bonds. The third kappa shape index (κ3) is 4.42. The lowest BCUT2D eigenvalue weighted by Crippen LogP contribution is -2.43. The monoisotopic (exact) mass is 297 g/mol. The van der Waals surface area contributed by atoms with Gasteiger partial charge in [-0.25, -0.2) is 4.79 Å². The topological polar surface area (TPSA) is 75.6 Å². The zero-order valence-electron chi connectivity index (χ0n) is 10.8. The minimum atomic E-state index is -1.01. The number of carbonyl (C=O) groups excluding carboxylic acids is 1. The Hall–Kier alpha value is -1.75. The summed E-state index contributed by atoms with van der Waals surface area (Å²) >= 11 is 5.89. The summed E-state index contributed by atoms with van der Waals surface area (Å²) in [6, 6.07) is 5.96. The molecule has 0 radical (unpaired) electrons. The summed E-state index contributed by atoms with van der Waals surface area (Å²) < 4.78 is 5.26. The number of ether oxygens (including phenoxy) is 1. The van der Waals surface area contributed by atoms with Crippen molar-refractivity contribution in [3.05, 3.63) is 29.3 Å². The Morgan fingerprint density at radius 2 is 2.10 bits per heavy atom. The molecule has 0 aromatic heterocycles. The minimum Gasteiger partial charge on any atom is -0.482 e. The smallest absolute Gasteiger partial charge is 0.326 e. The predicted octanol–water partition coefficient (Wildman–Crippen LogP) is 2.09. The van der Waals surface area contributed by atoms with E-state index < -0.39 is 17.9 Å². The Morgan fingerprint density at radius 1 is 1.40 bits per heavy atom. The van der Waals surface area contributed by atoms with Crippen molar-refractivity contribution in [2.24, 2.45) is 5.92 Å². The second-order valence-corrected chi connectivity index (χ2v) is 5.26. The molecule has 1 saturated carbocycles. The Balaban J connectivity index is 1.81. The lowest BCUT2D eigenvalue weighted by Gasteiger charge is -2.14. The lowest BCUT2D eigenvalue weighted by atomic mass is 10.1. The number of nitrogens with one attached hydrogen (secondary N) is 1. The van der Waals surface area contributed by atoms with Crippen LogP contribution >= 0.6 is 11.6 Å². The molecule has 2 rings (SSSR count). The molecule has 1 aliphatic rings. The molecule has 0 heterocycles. The minimum absolute atomic E-state index is 0.252. The summed E-state index contributed by atoms with van der Waals surface area (Å²) in [7, 11) is 0. The van der Waals surface area contributed by atoms with E-state index in [-0.39, 0.29) is 6.61 Å². The first-order valence-electron chi connectivity index (χ1n) is 6.45. The van der Waals surface area contributed by atoms with Gasteiger partial charge in [0.25, 0.3) is 5.91 Å². The summed E-state index contributed by atoms with van der Waals surface area (Å²) in [6.45, 7) is -0.252. The molecule has 1 aromatic rings. The van der Waals surface area contributed by atoms with Crippen LogP contribution in [0.25, 0.3) is 0 Å². The maximum atomic E-state index is 11.7. The number of carbonyl (C=O) groups is 2. The quantitative estimate of drug-likeness (QED) is 0.808. The van der Waals surface area contributed by atoms with Gasteiger partial charge < -0.3 is 15.2 Å². The number of hydrogen-bond donors (Lipinski definition) is 2. The van der Waals surface area contributed by atoms with E-state index in [9.17, 15) is 9.59 Å². The van der Waals surface area contributed by atoms with E-state index in [0.29, 0.717) is 23.1 Å². The van der Waals surface area contributed by atoms with E-state index in [1.165, 1.54) is 0 Å². The maximum Gasteiger partial charge on any atom is 0.326 e. The summed E-state index contributed by atoms with van der Waals surface area (Å²) in [5.41, 5.74) is 0. The number of amides is 1. The zero-order chi connectivity index (χ0) is 14.5. The highest BCUT2D eigenvalue weighted by Crippen LogP contribution is 2.33. The molecule has 0 aliphatic heterocycles. The van der Waals surface area contributed by atoms with Crippen molar-refractivity contribution in [1.82, 2.24) is 5.32 Å². The van der Waals surface area contributed by atoms with Crippen molar-refractivity contribution in [1.29, 1.82) is 0 Å². The number of hydrogen-bond acceptors (Lipinski definition) is 3. The number of halogens is 1. The Kier molecular flexibility index (Phi) is 4.84. The first-order valence-corrected chi connectivity index (χ1v) is 6.83. The van der Waals surface area contributed by atoms with Crippen molar-refractivity contribution < 1.29 is 19.4 Å². The first kappa shape index (κ1) is 14.7. The number of benzene rings is 1. The highest BCUT2D eigenvalue weighted by molar-refractivity contribution is 6.32. The molecule has 0 bridgehead atoms. The van der Waals surface area contributed by atoms with Crippen LogP contribution in [0, 0.1) is 5.92 Å². The van der Waals surface area contributed by atoms with Gasteiger partial charge >= 0.3 is 5.97 Å². The average Bonchev–Trinajstić information content (AvgIpc) is 3.21. The van der Waals surface area contributed by atoms with Gasteiger partial charge in [-0.05, 0) is 24.5 Å². The van der Waals surface area contributed by atoms with Gasteiger partial charge in [-0.3, -0.25) is 4.79 Å². The van der Waals surface area contributed by atoms with Crippen molar-refractivity contribution >= 4 is 23.5 Å². The van der Waals surface area contributed by atoms with E-state index in [0.717, 1.165) is 12.8 Å². The van der Waals surface area contributed by atoms with E-state index in [1.54, 1.807) is 24.3 Å². The summed E-state index contributed by atoms with van der Waals surface area (Å²) in [6.07, 6.45) is 2.55. The van der Waals surface area contributed by atoms with Crippen LogP contribution in [0.5, 0.6) is 5.75 Å². The second-order valence-electron chi connectivity index (χ2n) is 4.86. The molecular formula is C14H16ClNO4. The summed E-state index contributed by atoms with van der Waals surface area (Å²) in [4.78, 5) is 22.8. The molecule has 1 fully saturated rings. The van der Waals surface area contributed by atoms with Crippen LogP contribution in [0.4, 0.5) is 0 Å². The lowest BCUT2D eigenvalue weighted by molar-refractivity contribution is -0.142. The Labute approximate surface area is 121 Å². The van der Waals surface area contributed by atoms with Crippen LogP contribution in [0.2, 0.25) is 5.02 Å². The summed E-state index contributed by atoms with van der Waals surface area (Å²) in [5, 5.41) is 11.9. The highest BCUT2D eigenvalue weighted by atomic mass is 35.5. The van der Waals surface area contributed by atoms with Gasteiger partial charge in [-0.2, -0.15) is 0 Å². The molecule has 0 spiro atoms. The fraction of sp³-hybridized carbons (Fsp3) is 0.429. The van der Waals surface area contributed by atoms with Crippen LogP contribution in [0.1, 0.15) is 19.3 Å². The first-order chi connectivity index (χ1) is 9.56. The third-order valence-corrected chi connectivity index (χ3v) is 3.41. The van der Waals surface area contributed by atoms with Gasteiger partial charge in [-0.1, -0.05) is 36.6 Å². The van der Waals surface area contributed by atoms with Gasteiger partial charge in [0, 0.05) is 0 Å². The molecular weight excluding hydrogens is 282 g/mol. The Bertz CT molecular complexity index is 502. The van der Waals surface area contributed by atoms with Gasteiger partial charge in [0.2, 0.25) is 0 Å². The molecule has 1 atom stereocenters. The highest BCUT2D eigenvalue weighted by Gasteiger charge is 2.30. The number of carboxylic acid groups (broad SMARTS) is 1. The molecule has 20 heavy (non-hydrogen) atoms. The number of rotatable bonds is 7. The predicted molar refractivity (Wildman–Crippen MR) is 73.9 cm³/mol. The van der Waals surface area contributed by atoms with Crippen molar-refractivity contribution in [3.63, 3.8) is 0 Å². The van der Waals surface area contributed by atoms with Gasteiger partial charge in [0.15, 0.2) is 6.61 Å². The van der Waals surface area contributed by atoms with Crippen molar-refractivity contribution in [2.75, 3.05) is 6.61 Å². The number of carboxylic acids is 1.